The van der Waals surface area contributed by atoms with Crippen molar-refractivity contribution in [1.82, 2.24) is 15.1 Å². The number of hydrogen-bond acceptors (Lipinski definition) is 6. The van der Waals surface area contributed by atoms with Crippen molar-refractivity contribution < 1.29 is 19.4 Å². The molecule has 0 saturated heterocycles. The van der Waals surface area contributed by atoms with E-state index < -0.39 is 0 Å². The average molecular weight is 506 g/mol. The molecule has 0 fully saturated rings. The molecular formula is C19H31IN4O4. The predicted octanol–water partition coefficient (Wildman–Crippen LogP) is 1.23. The van der Waals surface area contributed by atoms with Crippen molar-refractivity contribution in [3.05, 3.63) is 21.3 Å². The van der Waals surface area contributed by atoms with E-state index in [1.54, 1.807) is 24.1 Å². The fraction of sp³-hybridized carbons (Fsp3) is 0.579. The van der Waals surface area contributed by atoms with Gasteiger partial charge in [0.2, 0.25) is 5.91 Å². The summed E-state index contributed by atoms with van der Waals surface area (Å²) in [5.41, 5.74) is 1.02. The lowest BCUT2D eigenvalue weighted by Gasteiger charge is -2.19. The minimum absolute atomic E-state index is 0.00673. The maximum Gasteiger partial charge on any atom is 0.255 e. The van der Waals surface area contributed by atoms with Gasteiger partial charge in [0, 0.05) is 29.3 Å². The molecule has 0 aliphatic carbocycles. The first kappa shape index (κ1) is 24.6. The number of likely N-dealkylation sites (N-methyl/N-ethyl adjacent to an activating group) is 2. The van der Waals surface area contributed by atoms with Crippen LogP contribution >= 0.6 is 22.6 Å². The zero-order valence-electron chi connectivity index (χ0n) is 17.0. The molecule has 0 aliphatic heterocycles. The van der Waals surface area contributed by atoms with Crippen LogP contribution in [0.15, 0.2) is 12.1 Å². The molecule has 0 bridgehead atoms. The van der Waals surface area contributed by atoms with Crippen LogP contribution in [0.1, 0.15) is 24.2 Å². The highest BCUT2D eigenvalue weighted by Gasteiger charge is 2.17. The molecule has 0 unspecified atom stereocenters. The van der Waals surface area contributed by atoms with Crippen LogP contribution in [0.25, 0.3) is 0 Å². The first-order valence-corrected chi connectivity index (χ1v) is 10.4. The monoisotopic (exact) mass is 506 g/mol. The molecule has 2 amide bonds. The van der Waals surface area contributed by atoms with Crippen molar-refractivity contribution in [3.63, 3.8) is 0 Å². The first-order chi connectivity index (χ1) is 13.4. The highest BCUT2D eigenvalue weighted by Crippen LogP contribution is 2.28. The SMILES string of the molecule is CCN(CC)CCNC(=O)c1cc(I)c(NC(=O)CN(C)CCO)cc1OC. The van der Waals surface area contributed by atoms with E-state index in [-0.39, 0.29) is 25.0 Å². The summed E-state index contributed by atoms with van der Waals surface area (Å²) in [4.78, 5) is 28.7. The lowest BCUT2D eigenvalue weighted by molar-refractivity contribution is -0.117. The third kappa shape index (κ3) is 7.90. The highest BCUT2D eigenvalue weighted by molar-refractivity contribution is 14.1. The van der Waals surface area contributed by atoms with E-state index in [9.17, 15) is 9.59 Å². The second-order valence-corrected chi connectivity index (χ2v) is 7.49. The highest BCUT2D eigenvalue weighted by atomic mass is 127. The molecule has 9 heteroatoms. The number of carbonyl (C=O) groups excluding carboxylic acids is 2. The lowest BCUT2D eigenvalue weighted by atomic mass is 10.1. The van der Waals surface area contributed by atoms with Gasteiger partial charge in [0.25, 0.3) is 5.91 Å². The van der Waals surface area contributed by atoms with Crippen LogP contribution in [-0.4, -0.2) is 86.8 Å². The van der Waals surface area contributed by atoms with Crippen molar-refractivity contribution in [2.24, 2.45) is 0 Å². The summed E-state index contributed by atoms with van der Waals surface area (Å²) < 4.78 is 6.10. The van der Waals surface area contributed by atoms with Crippen LogP contribution in [0.2, 0.25) is 0 Å². The van der Waals surface area contributed by atoms with E-state index in [0.29, 0.717) is 30.1 Å². The molecule has 28 heavy (non-hydrogen) atoms. The normalized spacial score (nSPS) is 11.0. The van der Waals surface area contributed by atoms with Gasteiger partial charge >= 0.3 is 0 Å². The number of aliphatic hydroxyl groups excluding tert-OH is 1. The molecule has 1 aromatic carbocycles. The van der Waals surface area contributed by atoms with E-state index in [2.05, 4.69) is 52.0 Å². The van der Waals surface area contributed by atoms with Gasteiger partial charge in [0.05, 0.1) is 31.5 Å². The van der Waals surface area contributed by atoms with E-state index in [1.807, 2.05) is 0 Å². The zero-order chi connectivity index (χ0) is 21.1. The van der Waals surface area contributed by atoms with E-state index in [4.69, 9.17) is 9.84 Å². The van der Waals surface area contributed by atoms with E-state index >= 15 is 0 Å². The van der Waals surface area contributed by atoms with Gasteiger partial charge in [-0.3, -0.25) is 14.5 Å². The van der Waals surface area contributed by atoms with Crippen molar-refractivity contribution in [2.75, 3.05) is 65.3 Å². The number of rotatable bonds is 12. The number of hydrogen-bond donors (Lipinski definition) is 3. The molecule has 0 aromatic heterocycles. The number of anilines is 1. The quantitative estimate of drug-likeness (QED) is 0.370. The number of nitrogens with one attached hydrogen (secondary N) is 2. The average Bonchev–Trinajstić information content (AvgIpc) is 2.66. The van der Waals surface area contributed by atoms with Gasteiger partial charge in [0.15, 0.2) is 0 Å². The molecule has 0 saturated carbocycles. The summed E-state index contributed by atoms with van der Waals surface area (Å²) in [6.07, 6.45) is 0. The number of benzene rings is 1. The summed E-state index contributed by atoms with van der Waals surface area (Å²) in [5.74, 6) is -0.00501. The molecule has 3 N–H and O–H groups in total. The third-order valence-electron chi connectivity index (χ3n) is 4.31. The molecule has 158 valence electrons. The van der Waals surface area contributed by atoms with Crippen LogP contribution in [0.4, 0.5) is 5.69 Å². The van der Waals surface area contributed by atoms with Gasteiger partial charge in [0.1, 0.15) is 5.75 Å². The Labute approximate surface area is 180 Å². The molecule has 1 rings (SSSR count). The molecule has 1 aromatic rings. The van der Waals surface area contributed by atoms with Gasteiger partial charge in [-0.05, 0) is 48.8 Å². The number of halogens is 1. The number of methoxy groups -OCH3 is 1. The third-order valence-corrected chi connectivity index (χ3v) is 5.20. The Kier molecular flexibility index (Phi) is 11.4. The number of amides is 2. The largest absolute Gasteiger partial charge is 0.496 e. The smallest absolute Gasteiger partial charge is 0.255 e. The Morgan fingerprint density at radius 3 is 2.46 bits per heavy atom. The van der Waals surface area contributed by atoms with Crippen molar-refractivity contribution in [1.29, 1.82) is 0 Å². The Morgan fingerprint density at radius 2 is 1.89 bits per heavy atom. The number of carbonyl (C=O) groups is 2. The van der Waals surface area contributed by atoms with Crippen LogP contribution < -0.4 is 15.4 Å². The summed E-state index contributed by atoms with van der Waals surface area (Å²) in [6.45, 7) is 7.96. The molecule has 0 spiro atoms. The van der Waals surface area contributed by atoms with Crippen LogP contribution in [-0.2, 0) is 4.79 Å². The number of aliphatic hydroxyl groups is 1. The molecule has 0 aliphatic rings. The van der Waals surface area contributed by atoms with Gasteiger partial charge < -0.3 is 25.4 Å². The van der Waals surface area contributed by atoms with Gasteiger partial charge in [-0.2, -0.15) is 0 Å². The van der Waals surface area contributed by atoms with Gasteiger partial charge in [-0.25, -0.2) is 0 Å². The molecular weight excluding hydrogens is 475 g/mol. The Hall–Kier alpha value is -1.43. The zero-order valence-corrected chi connectivity index (χ0v) is 19.2. The minimum atomic E-state index is -0.206. The van der Waals surface area contributed by atoms with Crippen molar-refractivity contribution >= 4 is 40.1 Å². The van der Waals surface area contributed by atoms with Crippen molar-refractivity contribution in [2.45, 2.75) is 13.8 Å². The Morgan fingerprint density at radius 1 is 1.21 bits per heavy atom. The predicted molar refractivity (Wildman–Crippen MR) is 119 cm³/mol. The summed E-state index contributed by atoms with van der Waals surface area (Å²) in [7, 11) is 3.25. The number of nitrogens with zero attached hydrogens (tertiary/aromatic N) is 2. The summed E-state index contributed by atoms with van der Waals surface area (Å²) in [6, 6.07) is 3.37. The second kappa shape index (κ2) is 12.9. The maximum atomic E-state index is 12.6. The minimum Gasteiger partial charge on any atom is -0.496 e. The number of ether oxygens (including phenoxy) is 1. The molecule has 0 heterocycles. The van der Waals surface area contributed by atoms with Crippen LogP contribution in [0.5, 0.6) is 5.75 Å². The maximum absolute atomic E-state index is 12.6. The van der Waals surface area contributed by atoms with Gasteiger partial charge in [-0.1, -0.05) is 13.8 Å². The standard InChI is InChI=1S/C19H31IN4O4/c1-5-24(6-2)8-7-21-19(27)14-11-15(20)16(12-17(14)28-4)22-18(26)13-23(3)9-10-25/h11-12,25H,5-10,13H2,1-4H3,(H,21,27)(H,22,26). The Balaban J connectivity index is 2.81. The first-order valence-electron chi connectivity index (χ1n) is 9.33. The summed E-state index contributed by atoms with van der Waals surface area (Å²) in [5, 5.41) is 14.7. The molecule has 0 radical (unpaired) electrons. The van der Waals surface area contributed by atoms with Crippen LogP contribution in [0, 0.1) is 3.57 Å². The topological polar surface area (TPSA) is 94.1 Å². The Bertz CT molecular complexity index is 653. The van der Waals surface area contributed by atoms with Gasteiger partial charge in [-0.15, -0.1) is 0 Å². The second-order valence-electron chi connectivity index (χ2n) is 6.32. The fourth-order valence-electron chi connectivity index (χ4n) is 2.64. The fourth-order valence-corrected chi connectivity index (χ4v) is 3.24. The van der Waals surface area contributed by atoms with Crippen molar-refractivity contribution in [3.8, 4) is 5.75 Å². The molecule has 8 nitrogen and oxygen atoms in total. The lowest BCUT2D eigenvalue weighted by Crippen LogP contribution is -2.35. The van der Waals surface area contributed by atoms with E-state index in [1.165, 1.54) is 7.11 Å². The summed E-state index contributed by atoms with van der Waals surface area (Å²) >= 11 is 2.08. The van der Waals surface area contributed by atoms with E-state index in [0.717, 1.165) is 23.2 Å². The van der Waals surface area contributed by atoms with Crippen LogP contribution in [0.3, 0.4) is 0 Å². The molecule has 0 atom stereocenters.